The van der Waals surface area contributed by atoms with Crippen LogP contribution in [0.25, 0.3) is 0 Å². The van der Waals surface area contributed by atoms with Crippen molar-refractivity contribution in [3.63, 3.8) is 0 Å². The van der Waals surface area contributed by atoms with Crippen molar-refractivity contribution in [2.75, 3.05) is 39.3 Å². The Bertz CT molecular complexity index is 823. The van der Waals surface area contributed by atoms with Gasteiger partial charge in [-0.3, -0.25) is 14.5 Å². The van der Waals surface area contributed by atoms with Crippen LogP contribution in [0.5, 0.6) is 5.75 Å². The molecule has 29 heavy (non-hydrogen) atoms. The largest absolute Gasteiger partial charge is 0.484 e. The van der Waals surface area contributed by atoms with Gasteiger partial charge >= 0.3 is 0 Å². The molecule has 2 amide bonds. The summed E-state index contributed by atoms with van der Waals surface area (Å²) in [6.45, 7) is 4.80. The monoisotopic (exact) mass is 415 g/mol. The number of amides is 2. The highest BCUT2D eigenvalue weighted by Gasteiger charge is 2.25. The van der Waals surface area contributed by atoms with E-state index in [0.717, 1.165) is 23.7 Å². The fourth-order valence-corrected chi connectivity index (χ4v) is 3.67. The highest BCUT2D eigenvalue weighted by Crippen LogP contribution is 2.27. The number of piperazine rings is 1. The summed E-state index contributed by atoms with van der Waals surface area (Å²) in [4.78, 5) is 28.4. The Morgan fingerprint density at radius 2 is 1.69 bits per heavy atom. The Kier molecular flexibility index (Phi) is 7.49. The minimum atomic E-state index is -0.312. The van der Waals surface area contributed by atoms with E-state index in [4.69, 9.17) is 16.3 Å². The molecular formula is C22H26ClN3O3. The third-order valence-corrected chi connectivity index (χ3v) is 5.46. The number of para-hydroxylation sites is 1. The van der Waals surface area contributed by atoms with E-state index in [1.807, 2.05) is 42.5 Å². The van der Waals surface area contributed by atoms with E-state index in [1.54, 1.807) is 17.0 Å². The molecule has 1 aliphatic heterocycles. The van der Waals surface area contributed by atoms with Crippen molar-refractivity contribution in [3.8, 4) is 5.75 Å². The number of benzene rings is 2. The Morgan fingerprint density at radius 1 is 1.03 bits per heavy atom. The van der Waals surface area contributed by atoms with Crippen LogP contribution in [-0.4, -0.2) is 60.9 Å². The Morgan fingerprint density at radius 3 is 2.38 bits per heavy atom. The van der Waals surface area contributed by atoms with Gasteiger partial charge in [0.15, 0.2) is 6.61 Å². The number of carbonyl (C=O) groups is 2. The third kappa shape index (κ3) is 5.95. The molecule has 1 heterocycles. The van der Waals surface area contributed by atoms with Crippen molar-refractivity contribution >= 4 is 23.4 Å². The lowest BCUT2D eigenvalue weighted by molar-refractivity contribution is -0.135. The van der Waals surface area contributed by atoms with E-state index in [-0.39, 0.29) is 31.0 Å². The Balaban J connectivity index is 1.39. The molecule has 0 aliphatic carbocycles. The fraction of sp³-hybridized carbons (Fsp3) is 0.364. The number of halogens is 1. The van der Waals surface area contributed by atoms with Crippen molar-refractivity contribution in [1.29, 1.82) is 0 Å². The molecule has 1 atom stereocenters. The molecule has 0 bridgehead atoms. The summed E-state index contributed by atoms with van der Waals surface area (Å²) in [7, 11) is 0. The number of hydrogen-bond donors (Lipinski definition) is 1. The number of nitrogens with one attached hydrogen (secondary N) is 1. The van der Waals surface area contributed by atoms with Gasteiger partial charge in [-0.25, -0.2) is 0 Å². The zero-order valence-electron chi connectivity index (χ0n) is 16.5. The third-order valence-electron chi connectivity index (χ3n) is 5.12. The first-order valence-corrected chi connectivity index (χ1v) is 10.1. The van der Waals surface area contributed by atoms with Gasteiger partial charge in [0.25, 0.3) is 5.91 Å². The predicted molar refractivity (Wildman–Crippen MR) is 113 cm³/mol. The minimum absolute atomic E-state index is 0.0168. The van der Waals surface area contributed by atoms with E-state index in [2.05, 4.69) is 17.1 Å². The van der Waals surface area contributed by atoms with Crippen LogP contribution in [-0.2, 0) is 9.59 Å². The normalized spacial score (nSPS) is 15.6. The van der Waals surface area contributed by atoms with Crippen LogP contribution < -0.4 is 10.1 Å². The first kappa shape index (κ1) is 21.1. The summed E-state index contributed by atoms with van der Waals surface area (Å²) in [5.74, 6) is 0.231. The molecule has 0 saturated carbocycles. The van der Waals surface area contributed by atoms with Crippen molar-refractivity contribution in [3.05, 3.63) is 65.2 Å². The number of ether oxygens (including phenoxy) is 1. The molecule has 2 aromatic rings. The van der Waals surface area contributed by atoms with E-state index in [0.29, 0.717) is 18.8 Å². The molecule has 0 radical (unpaired) electrons. The van der Waals surface area contributed by atoms with E-state index in [1.165, 1.54) is 0 Å². The molecule has 1 fully saturated rings. The highest BCUT2D eigenvalue weighted by atomic mass is 35.5. The molecule has 7 heteroatoms. The van der Waals surface area contributed by atoms with Gasteiger partial charge in [0.05, 0.1) is 6.54 Å². The van der Waals surface area contributed by atoms with Gasteiger partial charge in [0, 0.05) is 37.2 Å². The molecule has 1 aliphatic rings. The van der Waals surface area contributed by atoms with Crippen LogP contribution >= 0.6 is 11.6 Å². The number of nitrogens with zero attached hydrogens (tertiary/aromatic N) is 2. The summed E-state index contributed by atoms with van der Waals surface area (Å²) in [6.07, 6.45) is 0. The van der Waals surface area contributed by atoms with Crippen LogP contribution in [0.3, 0.4) is 0 Å². The van der Waals surface area contributed by atoms with Crippen molar-refractivity contribution in [1.82, 2.24) is 15.1 Å². The zero-order chi connectivity index (χ0) is 20.6. The van der Waals surface area contributed by atoms with Crippen LogP contribution in [0.4, 0.5) is 0 Å². The first-order chi connectivity index (χ1) is 14.0. The van der Waals surface area contributed by atoms with E-state index >= 15 is 0 Å². The lowest BCUT2D eigenvalue weighted by Crippen LogP contribution is -2.51. The smallest absolute Gasteiger partial charge is 0.258 e. The number of hydrogen-bond acceptors (Lipinski definition) is 4. The fourth-order valence-electron chi connectivity index (χ4n) is 3.37. The average Bonchev–Trinajstić information content (AvgIpc) is 2.76. The summed E-state index contributed by atoms with van der Waals surface area (Å²) in [6, 6.07) is 17.1. The Labute approximate surface area is 176 Å². The molecule has 154 valence electrons. The topological polar surface area (TPSA) is 61.9 Å². The lowest BCUT2D eigenvalue weighted by atomic mass is 10.1. The summed E-state index contributed by atoms with van der Waals surface area (Å²) < 4.78 is 5.38. The summed E-state index contributed by atoms with van der Waals surface area (Å²) in [5.41, 5.74) is 1.10. The van der Waals surface area contributed by atoms with Gasteiger partial charge in [0.2, 0.25) is 5.91 Å². The SMILES string of the molecule is CC(c1ccccc1Cl)N1CCN(C(=O)CNC(=O)COc2ccccc2)CC1. The van der Waals surface area contributed by atoms with E-state index < -0.39 is 0 Å². The quantitative estimate of drug-likeness (QED) is 0.755. The second-order valence-electron chi connectivity index (χ2n) is 6.99. The average molecular weight is 416 g/mol. The maximum Gasteiger partial charge on any atom is 0.258 e. The van der Waals surface area contributed by atoms with Gasteiger partial charge in [-0.15, -0.1) is 0 Å². The molecule has 0 spiro atoms. The standard InChI is InChI=1S/C22H26ClN3O3/c1-17(19-9-5-6-10-20(19)23)25-11-13-26(14-12-25)22(28)15-24-21(27)16-29-18-7-3-2-4-8-18/h2-10,17H,11-16H2,1H3,(H,24,27). The van der Waals surface area contributed by atoms with Crippen LogP contribution in [0.2, 0.25) is 5.02 Å². The van der Waals surface area contributed by atoms with Crippen LogP contribution in [0.1, 0.15) is 18.5 Å². The van der Waals surface area contributed by atoms with Crippen molar-refractivity contribution < 1.29 is 14.3 Å². The van der Waals surface area contributed by atoms with Gasteiger partial charge in [-0.1, -0.05) is 48.0 Å². The second kappa shape index (κ2) is 10.3. The number of carbonyl (C=O) groups excluding carboxylic acids is 2. The molecule has 3 rings (SSSR count). The second-order valence-corrected chi connectivity index (χ2v) is 7.40. The molecule has 2 aromatic carbocycles. The van der Waals surface area contributed by atoms with Gasteiger partial charge in [-0.2, -0.15) is 0 Å². The van der Waals surface area contributed by atoms with Crippen molar-refractivity contribution in [2.24, 2.45) is 0 Å². The van der Waals surface area contributed by atoms with Gasteiger partial charge in [-0.05, 0) is 30.7 Å². The molecule has 1 unspecified atom stereocenters. The zero-order valence-corrected chi connectivity index (χ0v) is 17.3. The lowest BCUT2D eigenvalue weighted by Gasteiger charge is -2.38. The van der Waals surface area contributed by atoms with Gasteiger partial charge < -0.3 is 15.0 Å². The molecular weight excluding hydrogens is 390 g/mol. The van der Waals surface area contributed by atoms with Crippen LogP contribution in [0, 0.1) is 0 Å². The van der Waals surface area contributed by atoms with E-state index in [9.17, 15) is 9.59 Å². The number of rotatable bonds is 7. The molecule has 1 saturated heterocycles. The highest BCUT2D eigenvalue weighted by molar-refractivity contribution is 6.31. The Hall–Kier alpha value is -2.57. The maximum absolute atomic E-state index is 12.4. The summed E-state index contributed by atoms with van der Waals surface area (Å²) >= 11 is 6.31. The van der Waals surface area contributed by atoms with Crippen molar-refractivity contribution in [2.45, 2.75) is 13.0 Å². The molecule has 0 aromatic heterocycles. The van der Waals surface area contributed by atoms with Gasteiger partial charge in [0.1, 0.15) is 5.75 Å². The van der Waals surface area contributed by atoms with Crippen LogP contribution in [0.15, 0.2) is 54.6 Å². The summed E-state index contributed by atoms with van der Waals surface area (Å²) in [5, 5.41) is 3.39. The molecule has 6 nitrogen and oxygen atoms in total. The first-order valence-electron chi connectivity index (χ1n) is 9.75. The molecule has 1 N–H and O–H groups in total. The predicted octanol–water partition coefficient (Wildman–Crippen LogP) is 2.74. The minimum Gasteiger partial charge on any atom is -0.484 e. The maximum atomic E-state index is 12.4.